The van der Waals surface area contributed by atoms with Crippen LogP contribution in [0.25, 0.3) is 0 Å². The number of carboxylic acid groups (broad SMARTS) is 1. The van der Waals surface area contributed by atoms with Crippen LogP contribution in [-0.2, 0) is 11.3 Å². The van der Waals surface area contributed by atoms with Gasteiger partial charge in [0.1, 0.15) is 0 Å². The minimum Gasteiger partial charge on any atom is -0.481 e. The number of aliphatic carboxylic acids is 1. The number of hydrogen-bond donors (Lipinski definition) is 2. The van der Waals surface area contributed by atoms with Crippen LogP contribution in [0.15, 0.2) is 24.3 Å². The molecule has 0 saturated heterocycles. The van der Waals surface area contributed by atoms with E-state index in [-0.39, 0.29) is 12.5 Å². The average Bonchev–Trinajstić information content (AvgIpc) is 2.39. The van der Waals surface area contributed by atoms with Gasteiger partial charge in [-0.3, -0.25) is 9.59 Å². The Morgan fingerprint density at radius 1 is 1.25 bits per heavy atom. The zero-order valence-electron chi connectivity index (χ0n) is 12.2. The fraction of sp³-hybridized carbons (Fsp3) is 0.467. The number of rotatable bonds is 7. The number of benzene rings is 1. The Morgan fingerprint density at radius 2 is 1.85 bits per heavy atom. The van der Waals surface area contributed by atoms with E-state index < -0.39 is 11.9 Å². The predicted molar refractivity (Wildman–Crippen MR) is 77.6 cm³/mol. The fourth-order valence-electron chi connectivity index (χ4n) is 1.85. The maximum atomic E-state index is 11.9. The third kappa shape index (κ3) is 5.01. The Morgan fingerprint density at radius 3 is 2.30 bits per heavy atom. The van der Waals surface area contributed by atoms with E-state index in [0.717, 1.165) is 12.1 Å². The van der Waals surface area contributed by atoms with Gasteiger partial charge in [-0.05, 0) is 38.2 Å². The first-order valence-electron chi connectivity index (χ1n) is 6.68. The molecule has 1 unspecified atom stereocenters. The molecule has 0 heterocycles. The molecule has 0 aliphatic rings. The highest BCUT2D eigenvalue weighted by molar-refractivity contribution is 5.94. The van der Waals surface area contributed by atoms with Crippen LogP contribution in [0.5, 0.6) is 0 Å². The number of carbonyl (C=O) groups excluding carboxylic acids is 1. The second kappa shape index (κ2) is 7.65. The van der Waals surface area contributed by atoms with Gasteiger partial charge >= 0.3 is 5.97 Å². The summed E-state index contributed by atoms with van der Waals surface area (Å²) < 4.78 is 0. The Bertz CT molecular complexity index is 455. The van der Waals surface area contributed by atoms with Gasteiger partial charge in [0, 0.05) is 18.7 Å². The van der Waals surface area contributed by atoms with Crippen molar-refractivity contribution in [3.05, 3.63) is 35.4 Å². The zero-order chi connectivity index (χ0) is 15.1. The normalized spacial score (nSPS) is 12.2. The second-order valence-electron chi connectivity index (χ2n) is 5.09. The van der Waals surface area contributed by atoms with E-state index in [0.29, 0.717) is 12.0 Å². The summed E-state index contributed by atoms with van der Waals surface area (Å²) in [4.78, 5) is 24.8. The van der Waals surface area contributed by atoms with Crippen molar-refractivity contribution < 1.29 is 14.7 Å². The molecule has 2 N–H and O–H groups in total. The lowest BCUT2D eigenvalue weighted by Crippen LogP contribution is -2.32. The molecule has 0 fully saturated rings. The van der Waals surface area contributed by atoms with Gasteiger partial charge < -0.3 is 15.3 Å². The van der Waals surface area contributed by atoms with Crippen molar-refractivity contribution >= 4 is 11.9 Å². The average molecular weight is 278 g/mol. The van der Waals surface area contributed by atoms with Crippen LogP contribution in [0.2, 0.25) is 0 Å². The highest BCUT2D eigenvalue weighted by Crippen LogP contribution is 2.07. The van der Waals surface area contributed by atoms with Gasteiger partial charge in [-0.25, -0.2) is 0 Å². The molecule has 1 amide bonds. The predicted octanol–water partition coefficient (Wildman–Crippen LogP) is 1.59. The lowest BCUT2D eigenvalue weighted by molar-refractivity contribution is -0.141. The quantitative estimate of drug-likeness (QED) is 0.794. The molecule has 5 heteroatoms. The van der Waals surface area contributed by atoms with Crippen molar-refractivity contribution in [1.82, 2.24) is 10.2 Å². The summed E-state index contributed by atoms with van der Waals surface area (Å²) >= 11 is 0. The minimum atomic E-state index is -0.880. The van der Waals surface area contributed by atoms with E-state index in [2.05, 4.69) is 5.32 Å². The summed E-state index contributed by atoms with van der Waals surface area (Å²) in [6.45, 7) is 2.77. The molecule has 0 aliphatic carbocycles. The van der Waals surface area contributed by atoms with E-state index in [4.69, 9.17) is 5.11 Å². The molecule has 0 aliphatic heterocycles. The largest absolute Gasteiger partial charge is 0.481 e. The lowest BCUT2D eigenvalue weighted by Gasteiger charge is -2.12. The Hall–Kier alpha value is -1.88. The minimum absolute atomic E-state index is 0.157. The molecular formula is C15H22N2O3. The monoisotopic (exact) mass is 278 g/mol. The van der Waals surface area contributed by atoms with Crippen molar-refractivity contribution in [3.8, 4) is 0 Å². The summed E-state index contributed by atoms with van der Waals surface area (Å²) in [6.07, 6.45) is 0.497. The van der Waals surface area contributed by atoms with Crippen molar-refractivity contribution in [2.24, 2.45) is 5.92 Å². The van der Waals surface area contributed by atoms with E-state index in [1.807, 2.05) is 31.1 Å². The van der Waals surface area contributed by atoms with Crippen LogP contribution in [0.3, 0.4) is 0 Å². The number of nitrogens with one attached hydrogen (secondary N) is 1. The molecule has 0 bridgehead atoms. The Kier molecular flexibility index (Phi) is 6.18. The first kappa shape index (κ1) is 16.2. The van der Waals surface area contributed by atoms with Gasteiger partial charge in [-0.15, -0.1) is 0 Å². The van der Waals surface area contributed by atoms with Crippen LogP contribution in [0, 0.1) is 5.92 Å². The number of carboxylic acids is 1. The van der Waals surface area contributed by atoms with Crippen LogP contribution >= 0.6 is 0 Å². The van der Waals surface area contributed by atoms with Crippen LogP contribution in [0.1, 0.15) is 29.3 Å². The van der Waals surface area contributed by atoms with E-state index >= 15 is 0 Å². The summed E-state index contributed by atoms with van der Waals surface area (Å²) in [5, 5.41) is 11.6. The van der Waals surface area contributed by atoms with Gasteiger partial charge in [-0.2, -0.15) is 0 Å². The highest BCUT2D eigenvalue weighted by atomic mass is 16.4. The maximum absolute atomic E-state index is 11.9. The number of amides is 1. The lowest BCUT2D eigenvalue weighted by atomic mass is 10.1. The molecule has 0 saturated carbocycles. The number of carbonyl (C=O) groups is 2. The van der Waals surface area contributed by atoms with Gasteiger partial charge in [0.05, 0.1) is 5.92 Å². The molecule has 0 spiro atoms. The standard InChI is InChI=1S/C15H22N2O3/c1-4-12(15(19)20)9-16-14(18)13-7-5-11(6-8-13)10-17(2)3/h5-8,12H,4,9-10H2,1-3H3,(H,16,18)(H,19,20). The Labute approximate surface area is 119 Å². The Balaban J connectivity index is 2.57. The molecule has 1 atom stereocenters. The third-order valence-corrected chi connectivity index (χ3v) is 3.07. The third-order valence-electron chi connectivity index (χ3n) is 3.07. The van der Waals surface area contributed by atoms with Crippen molar-refractivity contribution in [2.75, 3.05) is 20.6 Å². The summed E-state index contributed by atoms with van der Waals surface area (Å²) in [6, 6.07) is 7.33. The molecule has 20 heavy (non-hydrogen) atoms. The molecule has 0 radical (unpaired) electrons. The van der Waals surface area contributed by atoms with Crippen molar-refractivity contribution in [1.29, 1.82) is 0 Å². The highest BCUT2D eigenvalue weighted by Gasteiger charge is 2.16. The number of hydrogen-bond acceptors (Lipinski definition) is 3. The van der Waals surface area contributed by atoms with E-state index in [9.17, 15) is 9.59 Å². The topological polar surface area (TPSA) is 69.6 Å². The van der Waals surface area contributed by atoms with E-state index in [1.54, 1.807) is 19.1 Å². The van der Waals surface area contributed by atoms with Gasteiger partial charge in [0.2, 0.25) is 0 Å². The first-order valence-corrected chi connectivity index (χ1v) is 6.68. The molecule has 110 valence electrons. The molecule has 1 aromatic carbocycles. The molecule has 5 nitrogen and oxygen atoms in total. The molecule has 0 aromatic heterocycles. The van der Waals surface area contributed by atoms with Crippen LogP contribution in [0.4, 0.5) is 0 Å². The van der Waals surface area contributed by atoms with Gasteiger partial charge in [-0.1, -0.05) is 19.1 Å². The van der Waals surface area contributed by atoms with Crippen molar-refractivity contribution in [2.45, 2.75) is 19.9 Å². The zero-order valence-corrected chi connectivity index (χ0v) is 12.2. The van der Waals surface area contributed by atoms with Crippen LogP contribution < -0.4 is 5.32 Å². The van der Waals surface area contributed by atoms with Crippen LogP contribution in [-0.4, -0.2) is 42.5 Å². The molecule has 1 aromatic rings. The summed E-state index contributed by atoms with van der Waals surface area (Å²) in [5.41, 5.74) is 1.68. The van der Waals surface area contributed by atoms with Crippen molar-refractivity contribution in [3.63, 3.8) is 0 Å². The van der Waals surface area contributed by atoms with E-state index in [1.165, 1.54) is 0 Å². The summed E-state index contributed by atoms with van der Waals surface area (Å²) in [7, 11) is 3.97. The number of nitrogens with zero attached hydrogens (tertiary/aromatic N) is 1. The second-order valence-corrected chi connectivity index (χ2v) is 5.09. The maximum Gasteiger partial charge on any atom is 0.308 e. The first-order chi connectivity index (χ1) is 9.43. The smallest absolute Gasteiger partial charge is 0.308 e. The molecular weight excluding hydrogens is 256 g/mol. The SMILES string of the molecule is CCC(CNC(=O)c1ccc(CN(C)C)cc1)C(=O)O. The summed E-state index contributed by atoms with van der Waals surface area (Å²) in [5.74, 6) is -1.65. The van der Waals surface area contributed by atoms with Gasteiger partial charge in [0.15, 0.2) is 0 Å². The molecule has 1 rings (SSSR count). The van der Waals surface area contributed by atoms with Gasteiger partial charge in [0.25, 0.3) is 5.91 Å². The fourth-order valence-corrected chi connectivity index (χ4v) is 1.85.